The van der Waals surface area contributed by atoms with E-state index in [4.69, 9.17) is 8.97 Å². The minimum atomic E-state index is -4.57. The molecule has 2 heterocycles. The second-order valence-electron chi connectivity index (χ2n) is 8.17. The molecule has 1 aromatic heterocycles. The third-order valence-electron chi connectivity index (χ3n) is 5.84. The van der Waals surface area contributed by atoms with Gasteiger partial charge in [-0.1, -0.05) is 36.4 Å². The van der Waals surface area contributed by atoms with E-state index in [-0.39, 0.29) is 5.75 Å². The monoisotopic (exact) mass is 481 g/mol. The number of piperazine rings is 1. The quantitative estimate of drug-likeness (QED) is 0.403. The molecule has 10 heteroatoms. The maximum absolute atomic E-state index is 11.6. The van der Waals surface area contributed by atoms with E-state index < -0.39 is 16.2 Å². The maximum atomic E-state index is 11.6. The molecular formula is C24H23N3O6S. The van der Waals surface area contributed by atoms with Crippen molar-refractivity contribution < 1.29 is 21.6 Å². The Morgan fingerprint density at radius 2 is 1.65 bits per heavy atom. The number of benzene rings is 3. The number of hydrogen-bond acceptors (Lipinski definition) is 7. The number of rotatable bonds is 6. The standard InChI is InChI=1S/C24H23N3O6S/c28-24-25-21-8-3-9-22(23(21)32-24)27-12-10-26(11-13-27)16-17-4-1-5-18(14-17)19-6-2-7-20(15-19)33-34(29,30)31/h1-9,14-15H,10-13,16H2,(H,25,28)(H,29,30,31). The predicted molar refractivity (Wildman–Crippen MR) is 128 cm³/mol. The number of oxazole rings is 1. The average Bonchev–Trinajstić information content (AvgIpc) is 3.19. The van der Waals surface area contributed by atoms with E-state index in [9.17, 15) is 13.2 Å². The summed E-state index contributed by atoms with van der Waals surface area (Å²) in [4.78, 5) is 18.9. The Morgan fingerprint density at radius 3 is 2.41 bits per heavy atom. The molecule has 0 spiro atoms. The van der Waals surface area contributed by atoms with Crippen LogP contribution in [0.15, 0.2) is 75.9 Å². The van der Waals surface area contributed by atoms with Gasteiger partial charge in [-0.3, -0.25) is 14.4 Å². The molecule has 9 nitrogen and oxygen atoms in total. The van der Waals surface area contributed by atoms with Crippen LogP contribution in [0.5, 0.6) is 5.75 Å². The van der Waals surface area contributed by atoms with E-state index in [0.29, 0.717) is 11.1 Å². The Balaban J connectivity index is 1.26. The summed E-state index contributed by atoms with van der Waals surface area (Å²) in [6.45, 7) is 4.09. The highest BCUT2D eigenvalue weighted by Gasteiger charge is 2.20. The van der Waals surface area contributed by atoms with E-state index >= 15 is 0 Å². The van der Waals surface area contributed by atoms with Crippen molar-refractivity contribution >= 4 is 27.2 Å². The summed E-state index contributed by atoms with van der Waals surface area (Å²) in [5.41, 5.74) is 5.05. The fraction of sp³-hybridized carbons (Fsp3) is 0.208. The summed E-state index contributed by atoms with van der Waals surface area (Å²) in [6, 6.07) is 20.3. The molecule has 34 heavy (non-hydrogen) atoms. The van der Waals surface area contributed by atoms with Gasteiger partial charge in [-0.15, -0.1) is 0 Å². The van der Waals surface area contributed by atoms with Crippen molar-refractivity contribution in [2.75, 3.05) is 31.1 Å². The Labute approximate surface area is 196 Å². The number of para-hydroxylation sites is 1. The lowest BCUT2D eigenvalue weighted by molar-refractivity contribution is 0.250. The summed E-state index contributed by atoms with van der Waals surface area (Å²) in [5, 5.41) is 0. The number of anilines is 1. The van der Waals surface area contributed by atoms with Crippen molar-refractivity contribution in [2.45, 2.75) is 6.54 Å². The molecule has 0 atom stereocenters. The molecule has 2 N–H and O–H groups in total. The highest BCUT2D eigenvalue weighted by atomic mass is 32.3. The third-order valence-corrected chi connectivity index (χ3v) is 6.24. The second-order valence-corrected chi connectivity index (χ2v) is 9.19. The van der Waals surface area contributed by atoms with E-state index in [1.807, 2.05) is 36.4 Å². The summed E-state index contributed by atoms with van der Waals surface area (Å²) in [6.07, 6.45) is 0. The SMILES string of the molecule is O=c1[nH]c2cccc(N3CCN(Cc4cccc(-c5cccc(OS(=O)(=O)O)c5)c4)CC3)c2o1. The normalized spacial score (nSPS) is 15.0. The van der Waals surface area contributed by atoms with Crippen molar-refractivity contribution in [3.05, 3.63) is 82.8 Å². The molecule has 0 unspecified atom stereocenters. The molecule has 1 fully saturated rings. The highest BCUT2D eigenvalue weighted by Crippen LogP contribution is 2.28. The van der Waals surface area contributed by atoms with Crippen LogP contribution in [0.2, 0.25) is 0 Å². The summed E-state index contributed by atoms with van der Waals surface area (Å²) in [7, 11) is -4.57. The molecule has 0 amide bonds. The zero-order valence-corrected chi connectivity index (χ0v) is 19.0. The highest BCUT2D eigenvalue weighted by molar-refractivity contribution is 7.81. The van der Waals surface area contributed by atoms with Crippen LogP contribution < -0.4 is 14.8 Å². The van der Waals surface area contributed by atoms with E-state index in [2.05, 4.69) is 31.1 Å². The van der Waals surface area contributed by atoms with Crippen LogP contribution in [0.1, 0.15) is 5.56 Å². The first-order valence-corrected chi connectivity index (χ1v) is 12.2. The fourth-order valence-corrected chi connectivity index (χ4v) is 4.66. The van der Waals surface area contributed by atoms with Crippen molar-refractivity contribution in [2.24, 2.45) is 0 Å². The average molecular weight is 482 g/mol. The van der Waals surface area contributed by atoms with Gasteiger partial charge in [0.05, 0.1) is 11.2 Å². The first-order valence-electron chi connectivity index (χ1n) is 10.8. The van der Waals surface area contributed by atoms with E-state index in [1.54, 1.807) is 12.1 Å². The number of aromatic amines is 1. The second kappa shape index (κ2) is 8.98. The molecule has 0 radical (unpaired) electrons. The molecule has 3 aromatic carbocycles. The van der Waals surface area contributed by atoms with Crippen LogP contribution in [0.4, 0.5) is 5.69 Å². The maximum Gasteiger partial charge on any atom is 0.446 e. The molecule has 0 bridgehead atoms. The molecular weight excluding hydrogens is 458 g/mol. The number of hydrogen-bond donors (Lipinski definition) is 2. The summed E-state index contributed by atoms with van der Waals surface area (Å²) >= 11 is 0. The molecule has 4 aromatic rings. The molecule has 1 saturated heterocycles. The number of fused-ring (bicyclic) bond motifs is 1. The number of nitrogens with one attached hydrogen (secondary N) is 1. The van der Waals surface area contributed by atoms with Gasteiger partial charge >= 0.3 is 16.2 Å². The van der Waals surface area contributed by atoms with Crippen molar-refractivity contribution in [1.82, 2.24) is 9.88 Å². The van der Waals surface area contributed by atoms with Crippen LogP contribution in [0.3, 0.4) is 0 Å². The lowest BCUT2D eigenvalue weighted by Crippen LogP contribution is -2.46. The molecule has 176 valence electrons. The zero-order valence-electron chi connectivity index (χ0n) is 18.2. The fourth-order valence-electron chi connectivity index (χ4n) is 4.31. The predicted octanol–water partition coefficient (Wildman–Crippen LogP) is 3.29. The minimum absolute atomic E-state index is 0.0507. The third kappa shape index (κ3) is 4.98. The topological polar surface area (TPSA) is 116 Å². The number of H-pyrrole nitrogens is 1. The Hall–Kier alpha value is -3.60. The molecule has 0 saturated carbocycles. The first kappa shape index (κ1) is 22.2. The molecule has 0 aliphatic carbocycles. The van der Waals surface area contributed by atoms with Gasteiger partial charge in [-0.05, 0) is 47.0 Å². The van der Waals surface area contributed by atoms with Crippen LogP contribution in [-0.2, 0) is 16.9 Å². The lowest BCUT2D eigenvalue weighted by atomic mass is 10.0. The summed E-state index contributed by atoms with van der Waals surface area (Å²) in [5.74, 6) is -0.397. The largest absolute Gasteiger partial charge is 0.446 e. The van der Waals surface area contributed by atoms with Gasteiger partial charge in [0.15, 0.2) is 5.58 Å². The van der Waals surface area contributed by atoms with Gasteiger partial charge in [0.1, 0.15) is 5.75 Å². The van der Waals surface area contributed by atoms with Gasteiger partial charge in [0, 0.05) is 32.7 Å². The molecule has 1 aliphatic rings. The van der Waals surface area contributed by atoms with E-state index in [0.717, 1.165) is 55.1 Å². The van der Waals surface area contributed by atoms with Crippen LogP contribution in [0, 0.1) is 0 Å². The van der Waals surface area contributed by atoms with Crippen LogP contribution >= 0.6 is 0 Å². The van der Waals surface area contributed by atoms with Crippen LogP contribution in [0.25, 0.3) is 22.2 Å². The minimum Gasteiger partial charge on any atom is -0.406 e. The van der Waals surface area contributed by atoms with Gasteiger partial charge in [0.25, 0.3) is 0 Å². The van der Waals surface area contributed by atoms with Gasteiger partial charge in [-0.2, -0.15) is 8.42 Å². The summed E-state index contributed by atoms with van der Waals surface area (Å²) < 4.78 is 40.9. The van der Waals surface area contributed by atoms with Gasteiger partial charge in [0.2, 0.25) is 0 Å². The van der Waals surface area contributed by atoms with Crippen molar-refractivity contribution in [3.8, 4) is 16.9 Å². The van der Waals surface area contributed by atoms with Gasteiger partial charge in [-0.25, -0.2) is 4.79 Å². The Morgan fingerprint density at radius 1 is 0.941 bits per heavy atom. The number of nitrogens with zero attached hydrogens (tertiary/aromatic N) is 2. The molecule has 1 aliphatic heterocycles. The Bertz CT molecular complexity index is 1490. The Kier molecular flexibility index (Phi) is 5.86. The first-order chi connectivity index (χ1) is 16.3. The van der Waals surface area contributed by atoms with Crippen molar-refractivity contribution in [3.63, 3.8) is 0 Å². The lowest BCUT2D eigenvalue weighted by Gasteiger charge is -2.36. The molecule has 5 rings (SSSR count). The van der Waals surface area contributed by atoms with E-state index in [1.165, 1.54) is 6.07 Å². The van der Waals surface area contributed by atoms with Crippen LogP contribution in [-0.4, -0.2) is 49.0 Å². The van der Waals surface area contributed by atoms with Gasteiger partial charge < -0.3 is 13.5 Å². The van der Waals surface area contributed by atoms with Crippen molar-refractivity contribution in [1.29, 1.82) is 0 Å². The number of aromatic nitrogens is 1. The smallest absolute Gasteiger partial charge is 0.406 e. The zero-order chi connectivity index (χ0) is 23.7.